The molecule has 3 atom stereocenters. The second kappa shape index (κ2) is 13.5. The maximum atomic E-state index is 14.6. The molecule has 2 heterocycles. The lowest BCUT2D eigenvalue weighted by atomic mass is 9.96. The number of hydrogen-bond donors (Lipinski definition) is 1. The number of fused-ring (bicyclic) bond motifs is 1. The minimum atomic E-state index is -4.50. The van der Waals surface area contributed by atoms with Crippen molar-refractivity contribution < 1.29 is 32.6 Å². The number of sulfonamides is 1. The van der Waals surface area contributed by atoms with Crippen molar-refractivity contribution in [2.75, 3.05) is 20.2 Å². The van der Waals surface area contributed by atoms with Crippen LogP contribution in [0.3, 0.4) is 0 Å². The molecule has 14 heteroatoms. The van der Waals surface area contributed by atoms with Crippen LogP contribution in [0.1, 0.15) is 25.0 Å². The molecule has 3 amide bonds. The molecular formula is C32H34Cl2N4O7S. The van der Waals surface area contributed by atoms with Gasteiger partial charge >= 0.3 is 6.09 Å². The third-order valence-electron chi connectivity index (χ3n) is 8.31. The van der Waals surface area contributed by atoms with Crippen LogP contribution in [0, 0.1) is 0 Å². The van der Waals surface area contributed by atoms with Gasteiger partial charge in [-0.3, -0.25) is 14.5 Å². The molecule has 0 radical (unpaired) electrons. The van der Waals surface area contributed by atoms with Crippen molar-refractivity contribution in [1.29, 1.82) is 0 Å². The second-order valence-corrected chi connectivity index (χ2v) is 14.2. The molecule has 244 valence electrons. The van der Waals surface area contributed by atoms with Gasteiger partial charge in [-0.1, -0.05) is 65.7 Å². The van der Waals surface area contributed by atoms with Crippen LogP contribution in [-0.4, -0.2) is 94.9 Å². The van der Waals surface area contributed by atoms with E-state index < -0.39 is 46.8 Å². The average molecular weight is 690 g/mol. The van der Waals surface area contributed by atoms with Crippen molar-refractivity contribution in [2.24, 2.45) is 0 Å². The molecule has 46 heavy (non-hydrogen) atoms. The summed E-state index contributed by atoms with van der Waals surface area (Å²) in [7, 11) is -3.18. The number of ether oxygens (including phenoxy) is 1. The minimum absolute atomic E-state index is 0.0223. The highest BCUT2D eigenvalue weighted by atomic mass is 35.5. The molecule has 3 aromatic carbocycles. The smallest absolute Gasteiger partial charge is 0.408 e. The average Bonchev–Trinajstić information content (AvgIpc) is 3.02. The maximum absolute atomic E-state index is 14.6. The van der Waals surface area contributed by atoms with Gasteiger partial charge in [-0.2, -0.15) is 4.31 Å². The third kappa shape index (κ3) is 6.52. The molecule has 2 aliphatic rings. The van der Waals surface area contributed by atoms with Crippen LogP contribution in [0.15, 0.2) is 77.7 Å². The van der Waals surface area contributed by atoms with E-state index in [-0.39, 0.29) is 47.1 Å². The van der Waals surface area contributed by atoms with Gasteiger partial charge in [-0.05, 0) is 55.3 Å². The van der Waals surface area contributed by atoms with Gasteiger partial charge in [0.25, 0.3) is 0 Å². The predicted molar refractivity (Wildman–Crippen MR) is 172 cm³/mol. The Hall–Kier alpha value is -3.84. The van der Waals surface area contributed by atoms with Crippen LogP contribution < -0.4 is 4.74 Å². The van der Waals surface area contributed by atoms with E-state index in [4.69, 9.17) is 27.9 Å². The van der Waals surface area contributed by atoms with E-state index in [0.29, 0.717) is 16.1 Å². The topological polar surface area (TPSA) is 128 Å². The lowest BCUT2D eigenvalue weighted by Gasteiger charge is -2.55. The van der Waals surface area contributed by atoms with Gasteiger partial charge in [0.15, 0.2) is 0 Å². The number of carbonyl (C=O) groups is 3. The van der Waals surface area contributed by atoms with Gasteiger partial charge in [0.05, 0.1) is 13.7 Å². The van der Waals surface area contributed by atoms with Crippen molar-refractivity contribution in [3.05, 3.63) is 94.0 Å². The number of nitrogens with zero attached hydrogens (tertiary/aromatic N) is 4. The van der Waals surface area contributed by atoms with E-state index in [1.807, 2.05) is 13.8 Å². The van der Waals surface area contributed by atoms with Gasteiger partial charge in [0.2, 0.25) is 21.8 Å². The zero-order chi connectivity index (χ0) is 33.3. The van der Waals surface area contributed by atoms with Crippen molar-refractivity contribution in [3.8, 4) is 5.75 Å². The third-order valence-corrected chi connectivity index (χ3v) is 10.7. The van der Waals surface area contributed by atoms with Crippen LogP contribution >= 0.6 is 23.2 Å². The number of carbonyl (C=O) groups excluding carboxylic acids is 2. The van der Waals surface area contributed by atoms with Crippen molar-refractivity contribution in [3.63, 3.8) is 0 Å². The lowest BCUT2D eigenvalue weighted by Crippen LogP contribution is -2.76. The molecule has 0 spiro atoms. The summed E-state index contributed by atoms with van der Waals surface area (Å²) < 4.78 is 35.7. The van der Waals surface area contributed by atoms with Gasteiger partial charge in [0, 0.05) is 35.6 Å². The van der Waals surface area contributed by atoms with E-state index in [9.17, 15) is 27.9 Å². The molecule has 0 aromatic heterocycles. The Kier molecular flexibility index (Phi) is 9.83. The van der Waals surface area contributed by atoms with Gasteiger partial charge in [0.1, 0.15) is 28.9 Å². The quantitative estimate of drug-likeness (QED) is 0.349. The molecule has 0 aliphatic carbocycles. The first kappa shape index (κ1) is 33.5. The fourth-order valence-corrected chi connectivity index (χ4v) is 8.12. The number of rotatable bonds is 9. The summed E-state index contributed by atoms with van der Waals surface area (Å²) in [6.45, 7) is 2.81. The second-order valence-electron chi connectivity index (χ2n) is 11.4. The molecule has 0 bridgehead atoms. The highest BCUT2D eigenvalue weighted by Crippen LogP contribution is 2.37. The largest absolute Gasteiger partial charge is 0.495 e. The van der Waals surface area contributed by atoms with Crippen LogP contribution in [0.2, 0.25) is 10.0 Å². The molecule has 2 aliphatic heterocycles. The molecule has 3 aromatic rings. The number of amides is 3. The van der Waals surface area contributed by atoms with E-state index in [0.717, 1.165) is 9.21 Å². The van der Waals surface area contributed by atoms with Crippen LogP contribution in [0.25, 0.3) is 0 Å². The summed E-state index contributed by atoms with van der Waals surface area (Å²) in [6.07, 6.45) is -2.52. The monoisotopic (exact) mass is 688 g/mol. The highest BCUT2D eigenvalue weighted by Gasteiger charge is 2.56. The predicted octanol–water partition coefficient (Wildman–Crippen LogP) is 4.57. The summed E-state index contributed by atoms with van der Waals surface area (Å²) in [4.78, 5) is 44.8. The molecule has 2 saturated heterocycles. The van der Waals surface area contributed by atoms with Crippen LogP contribution in [0.5, 0.6) is 5.75 Å². The van der Waals surface area contributed by atoms with Crippen molar-refractivity contribution in [2.45, 2.75) is 56.0 Å². The van der Waals surface area contributed by atoms with E-state index >= 15 is 0 Å². The summed E-state index contributed by atoms with van der Waals surface area (Å²) >= 11 is 12.3. The zero-order valence-corrected chi connectivity index (χ0v) is 27.7. The number of carboxylic acid groups (broad SMARTS) is 1. The number of benzene rings is 3. The normalized spacial score (nSPS) is 20.5. The zero-order valence-electron chi connectivity index (χ0n) is 25.4. The first-order chi connectivity index (χ1) is 21.8. The van der Waals surface area contributed by atoms with E-state index in [1.165, 1.54) is 30.2 Å². The molecule has 3 unspecified atom stereocenters. The Bertz CT molecular complexity index is 1720. The summed E-state index contributed by atoms with van der Waals surface area (Å²) in [5.74, 6) is -1.02. The molecule has 0 saturated carbocycles. The number of piperazine rings is 1. The Balaban J connectivity index is 1.68. The Labute approximate surface area is 277 Å². The standard InChI is InChI=1S/C32H34Cl2N4O7S/c1-20(2)35-19-29-37(46(43,44)28-16-24(34)13-14-27(28)45-3)18-26(36(32(41)42)17-22-7-5-4-6-8-22)31(40)38(29)25(30(35)39)15-21-9-11-23(33)12-10-21/h4-14,16,20,25-26,29H,15,17-19H2,1-3H3,(H,41,42). The lowest BCUT2D eigenvalue weighted by molar-refractivity contribution is -0.171. The summed E-state index contributed by atoms with van der Waals surface area (Å²) in [6, 6.07) is 16.7. The van der Waals surface area contributed by atoms with E-state index in [2.05, 4.69) is 0 Å². The molecular weight excluding hydrogens is 655 g/mol. The summed E-state index contributed by atoms with van der Waals surface area (Å²) in [5.41, 5.74) is 1.29. The molecule has 5 rings (SSSR count). The fraction of sp³-hybridized carbons (Fsp3) is 0.344. The molecule has 11 nitrogen and oxygen atoms in total. The first-order valence-electron chi connectivity index (χ1n) is 14.6. The Morgan fingerprint density at radius 2 is 1.61 bits per heavy atom. The number of methoxy groups -OCH3 is 1. The first-order valence-corrected chi connectivity index (χ1v) is 16.8. The SMILES string of the molecule is COc1ccc(Cl)cc1S(=O)(=O)N1CC(N(Cc2ccccc2)C(=O)O)C(=O)N2C(Cc3ccc(Cl)cc3)C(=O)N(C(C)C)CC21. The van der Waals surface area contributed by atoms with Crippen molar-refractivity contribution >= 4 is 51.1 Å². The molecule has 1 N–H and O–H groups in total. The summed E-state index contributed by atoms with van der Waals surface area (Å²) in [5, 5.41) is 11.0. The van der Waals surface area contributed by atoms with Crippen LogP contribution in [-0.2, 0) is 32.6 Å². The minimum Gasteiger partial charge on any atom is -0.495 e. The van der Waals surface area contributed by atoms with Gasteiger partial charge in [-0.15, -0.1) is 0 Å². The van der Waals surface area contributed by atoms with Crippen molar-refractivity contribution in [1.82, 2.24) is 19.0 Å². The van der Waals surface area contributed by atoms with Crippen LogP contribution in [0.4, 0.5) is 4.79 Å². The molecule has 2 fully saturated rings. The van der Waals surface area contributed by atoms with Gasteiger partial charge < -0.3 is 19.6 Å². The fourth-order valence-electron chi connectivity index (χ4n) is 6.00. The Morgan fingerprint density at radius 3 is 2.22 bits per heavy atom. The van der Waals surface area contributed by atoms with E-state index in [1.54, 1.807) is 59.5 Å². The maximum Gasteiger partial charge on any atom is 0.408 e. The number of hydrogen-bond acceptors (Lipinski definition) is 6. The highest BCUT2D eigenvalue weighted by molar-refractivity contribution is 7.89. The Morgan fingerprint density at radius 1 is 0.957 bits per heavy atom. The number of halogens is 2. The van der Waals surface area contributed by atoms with Gasteiger partial charge in [-0.25, -0.2) is 13.2 Å².